The van der Waals surface area contributed by atoms with Crippen LogP contribution in [0, 0.1) is 5.92 Å². The first-order valence-electron chi connectivity index (χ1n) is 5.00. The molecule has 0 amide bonds. The van der Waals surface area contributed by atoms with Gasteiger partial charge in [0.1, 0.15) is 5.69 Å². The number of aromatic nitrogens is 3. The van der Waals surface area contributed by atoms with E-state index >= 15 is 0 Å². The summed E-state index contributed by atoms with van der Waals surface area (Å²) in [6, 6.07) is 0. The highest BCUT2D eigenvalue weighted by Gasteiger charge is 2.39. The first kappa shape index (κ1) is 13.0. The second-order valence-electron chi connectivity index (χ2n) is 3.99. The molecule has 0 saturated heterocycles. The molecule has 1 heterocycles. The van der Waals surface area contributed by atoms with Crippen LogP contribution >= 0.6 is 0 Å². The van der Waals surface area contributed by atoms with E-state index in [0.717, 1.165) is 4.68 Å². The first-order valence-corrected chi connectivity index (χ1v) is 5.00. The van der Waals surface area contributed by atoms with E-state index < -0.39 is 11.9 Å². The molecule has 0 spiro atoms. The van der Waals surface area contributed by atoms with Gasteiger partial charge in [-0.3, -0.25) is 0 Å². The molecule has 0 aliphatic carbocycles. The minimum Gasteiger partial charge on any atom is -0.314 e. The highest BCUT2D eigenvalue weighted by molar-refractivity contribution is 5.13. The van der Waals surface area contributed by atoms with Gasteiger partial charge >= 0.3 is 6.18 Å². The molecule has 0 bridgehead atoms. The van der Waals surface area contributed by atoms with Crippen molar-refractivity contribution in [3.05, 3.63) is 11.4 Å². The van der Waals surface area contributed by atoms with Crippen LogP contribution in [-0.4, -0.2) is 22.0 Å². The molecule has 1 aromatic rings. The molecule has 0 fully saturated rings. The summed E-state index contributed by atoms with van der Waals surface area (Å²) in [5.41, 5.74) is -0.814. The zero-order chi connectivity index (χ0) is 12.3. The lowest BCUT2D eigenvalue weighted by atomic mass is 10.2. The molecule has 7 heteroatoms. The number of alkyl halides is 3. The van der Waals surface area contributed by atoms with E-state index in [1.807, 2.05) is 13.8 Å². The molecule has 1 N–H and O–H groups in total. The summed E-state index contributed by atoms with van der Waals surface area (Å²) in [6.07, 6.45) is -4.41. The molecule has 0 atom stereocenters. The average molecular weight is 236 g/mol. The van der Waals surface area contributed by atoms with Gasteiger partial charge in [0.25, 0.3) is 0 Å². The van der Waals surface area contributed by atoms with Crippen LogP contribution in [0.5, 0.6) is 0 Å². The third kappa shape index (κ3) is 2.94. The summed E-state index contributed by atoms with van der Waals surface area (Å²) < 4.78 is 39.3. The van der Waals surface area contributed by atoms with Crippen LogP contribution in [0.15, 0.2) is 0 Å². The summed E-state index contributed by atoms with van der Waals surface area (Å²) in [5, 5.41) is 9.75. The van der Waals surface area contributed by atoms with E-state index in [4.69, 9.17) is 0 Å². The SMILES string of the molecule is CNCc1nnn(CC(C)C)c1C(F)(F)F. The van der Waals surface area contributed by atoms with E-state index in [1.54, 1.807) is 7.05 Å². The normalized spacial score (nSPS) is 12.4. The Morgan fingerprint density at radius 3 is 2.44 bits per heavy atom. The summed E-state index contributed by atoms with van der Waals surface area (Å²) in [4.78, 5) is 0. The molecule has 0 aliphatic heterocycles. The smallest absolute Gasteiger partial charge is 0.314 e. The minimum atomic E-state index is -4.41. The monoisotopic (exact) mass is 236 g/mol. The Hall–Kier alpha value is -1.11. The number of hydrogen-bond donors (Lipinski definition) is 1. The van der Waals surface area contributed by atoms with Crippen molar-refractivity contribution in [2.24, 2.45) is 5.92 Å². The van der Waals surface area contributed by atoms with Gasteiger partial charge in [0, 0.05) is 13.1 Å². The van der Waals surface area contributed by atoms with Gasteiger partial charge in [-0.25, -0.2) is 4.68 Å². The Kier molecular flexibility index (Phi) is 3.90. The van der Waals surface area contributed by atoms with Gasteiger partial charge in [0.15, 0.2) is 5.69 Å². The van der Waals surface area contributed by atoms with Crippen molar-refractivity contribution in [3.63, 3.8) is 0 Å². The van der Waals surface area contributed by atoms with E-state index in [-0.39, 0.29) is 24.7 Å². The van der Waals surface area contributed by atoms with E-state index in [9.17, 15) is 13.2 Å². The van der Waals surface area contributed by atoms with Crippen LogP contribution in [0.2, 0.25) is 0 Å². The Bertz CT molecular complexity index is 343. The lowest BCUT2D eigenvalue weighted by Gasteiger charge is -2.12. The Labute approximate surface area is 91.8 Å². The summed E-state index contributed by atoms with van der Waals surface area (Å²) in [6.45, 7) is 3.94. The third-order valence-electron chi connectivity index (χ3n) is 1.96. The molecule has 0 unspecified atom stereocenters. The second-order valence-corrected chi connectivity index (χ2v) is 3.99. The second kappa shape index (κ2) is 4.82. The molecule has 92 valence electrons. The maximum absolute atomic E-state index is 12.8. The van der Waals surface area contributed by atoms with Crippen molar-refractivity contribution in [2.45, 2.75) is 33.1 Å². The highest BCUT2D eigenvalue weighted by atomic mass is 19.4. The van der Waals surface area contributed by atoms with Crippen LogP contribution in [0.4, 0.5) is 13.2 Å². The van der Waals surface area contributed by atoms with Gasteiger partial charge in [0.2, 0.25) is 0 Å². The fourth-order valence-electron chi connectivity index (χ4n) is 1.42. The number of rotatable bonds is 4. The van der Waals surface area contributed by atoms with Crippen molar-refractivity contribution in [1.82, 2.24) is 20.3 Å². The predicted molar refractivity (Wildman–Crippen MR) is 52.6 cm³/mol. The topological polar surface area (TPSA) is 42.7 Å². The number of nitrogens with zero attached hydrogens (tertiary/aromatic N) is 3. The zero-order valence-corrected chi connectivity index (χ0v) is 9.47. The lowest BCUT2D eigenvalue weighted by molar-refractivity contribution is -0.145. The number of nitrogens with one attached hydrogen (secondary N) is 1. The van der Waals surface area contributed by atoms with Crippen molar-refractivity contribution in [1.29, 1.82) is 0 Å². The molecule has 0 aliphatic rings. The van der Waals surface area contributed by atoms with Gasteiger partial charge in [-0.15, -0.1) is 5.10 Å². The summed E-state index contributed by atoms with van der Waals surface area (Å²) in [5.74, 6) is 0.0882. The van der Waals surface area contributed by atoms with Gasteiger partial charge in [-0.2, -0.15) is 13.2 Å². The predicted octanol–water partition coefficient (Wildman–Crippen LogP) is 1.67. The van der Waals surface area contributed by atoms with Crippen molar-refractivity contribution < 1.29 is 13.2 Å². The maximum Gasteiger partial charge on any atom is 0.434 e. The van der Waals surface area contributed by atoms with E-state index in [1.165, 1.54) is 0 Å². The average Bonchev–Trinajstić information content (AvgIpc) is 2.46. The van der Waals surface area contributed by atoms with Crippen LogP contribution in [0.25, 0.3) is 0 Å². The van der Waals surface area contributed by atoms with E-state index in [2.05, 4.69) is 15.6 Å². The summed E-state index contributed by atoms with van der Waals surface area (Å²) in [7, 11) is 1.57. The standard InChI is InChI=1S/C9H15F3N4/c1-6(2)5-16-8(9(10,11)12)7(4-13-3)14-15-16/h6,13H,4-5H2,1-3H3. The zero-order valence-electron chi connectivity index (χ0n) is 9.47. The lowest BCUT2D eigenvalue weighted by Crippen LogP contribution is -2.20. The largest absolute Gasteiger partial charge is 0.434 e. The first-order chi connectivity index (χ1) is 7.36. The highest BCUT2D eigenvalue weighted by Crippen LogP contribution is 2.31. The molecular weight excluding hydrogens is 221 g/mol. The Morgan fingerprint density at radius 1 is 1.38 bits per heavy atom. The Morgan fingerprint density at radius 2 is 2.00 bits per heavy atom. The third-order valence-corrected chi connectivity index (χ3v) is 1.96. The molecule has 4 nitrogen and oxygen atoms in total. The molecule has 1 rings (SSSR count). The van der Waals surface area contributed by atoms with E-state index in [0.29, 0.717) is 0 Å². The quantitative estimate of drug-likeness (QED) is 0.864. The molecule has 16 heavy (non-hydrogen) atoms. The van der Waals surface area contributed by atoms with Gasteiger partial charge in [-0.05, 0) is 13.0 Å². The van der Waals surface area contributed by atoms with Gasteiger partial charge in [0.05, 0.1) is 0 Å². The Balaban J connectivity index is 3.09. The molecule has 1 aromatic heterocycles. The van der Waals surface area contributed by atoms with Crippen LogP contribution in [0.1, 0.15) is 25.2 Å². The van der Waals surface area contributed by atoms with Crippen molar-refractivity contribution >= 4 is 0 Å². The fourth-order valence-corrected chi connectivity index (χ4v) is 1.42. The van der Waals surface area contributed by atoms with Crippen LogP contribution in [-0.2, 0) is 19.3 Å². The van der Waals surface area contributed by atoms with Crippen molar-refractivity contribution in [2.75, 3.05) is 7.05 Å². The molecular formula is C9H15F3N4. The van der Waals surface area contributed by atoms with Crippen LogP contribution in [0.3, 0.4) is 0 Å². The molecule has 0 radical (unpaired) electrons. The van der Waals surface area contributed by atoms with Crippen LogP contribution < -0.4 is 5.32 Å². The molecule has 0 saturated carbocycles. The maximum atomic E-state index is 12.8. The molecule has 0 aromatic carbocycles. The number of halogens is 3. The van der Waals surface area contributed by atoms with Gasteiger partial charge in [-0.1, -0.05) is 19.1 Å². The van der Waals surface area contributed by atoms with Crippen molar-refractivity contribution in [3.8, 4) is 0 Å². The fraction of sp³-hybridized carbons (Fsp3) is 0.778. The van der Waals surface area contributed by atoms with Gasteiger partial charge < -0.3 is 5.32 Å². The minimum absolute atomic E-state index is 0.0596. The summed E-state index contributed by atoms with van der Waals surface area (Å²) >= 11 is 0. The number of hydrogen-bond acceptors (Lipinski definition) is 3.